The minimum atomic E-state index is -0.990. The van der Waals surface area contributed by atoms with Crippen LogP contribution in [0.25, 0.3) is 0 Å². The highest BCUT2D eigenvalue weighted by Crippen LogP contribution is 2.23. The molecule has 0 bridgehead atoms. The quantitative estimate of drug-likeness (QED) is 0.872. The molecule has 0 fully saturated rings. The largest absolute Gasteiger partial charge is 0.479 e. The zero-order valence-corrected chi connectivity index (χ0v) is 10.4. The summed E-state index contributed by atoms with van der Waals surface area (Å²) in [6, 6.07) is 5.00. The van der Waals surface area contributed by atoms with Crippen molar-refractivity contribution in [3.8, 4) is 5.75 Å². The van der Waals surface area contributed by atoms with Crippen molar-refractivity contribution in [1.82, 2.24) is 0 Å². The molecule has 16 heavy (non-hydrogen) atoms. The number of halogens is 1. The van der Waals surface area contributed by atoms with E-state index in [-0.39, 0.29) is 6.61 Å². The number of carbonyl (C=O) groups is 1. The molecule has 2 N–H and O–H groups in total. The van der Waals surface area contributed by atoms with Crippen molar-refractivity contribution in [2.24, 2.45) is 0 Å². The van der Waals surface area contributed by atoms with E-state index in [1.54, 1.807) is 25.1 Å². The predicted octanol–water partition coefficient (Wildman–Crippen LogP) is 2.18. The van der Waals surface area contributed by atoms with E-state index in [0.29, 0.717) is 17.7 Å². The Balaban J connectivity index is 2.84. The maximum atomic E-state index is 10.8. The molecular formula is C11H13BrO4. The molecule has 0 aliphatic heterocycles. The topological polar surface area (TPSA) is 66.8 Å². The molecule has 88 valence electrons. The highest BCUT2D eigenvalue weighted by molar-refractivity contribution is 9.10. The van der Waals surface area contributed by atoms with Crippen LogP contribution in [0, 0.1) is 0 Å². The number of rotatable bonds is 5. The van der Waals surface area contributed by atoms with Crippen molar-refractivity contribution in [1.29, 1.82) is 0 Å². The molecule has 0 heterocycles. The van der Waals surface area contributed by atoms with Crippen molar-refractivity contribution in [3.63, 3.8) is 0 Å². The predicted molar refractivity (Wildman–Crippen MR) is 62.4 cm³/mol. The number of carboxylic acids is 1. The standard InChI is InChI=1S/C11H13BrO4/c1-2-10(11(14)15)16-8-3-4-9(12)7(5-8)6-13/h3-5,10,13H,2,6H2,1H3,(H,14,15). The number of hydrogen-bond acceptors (Lipinski definition) is 3. The van der Waals surface area contributed by atoms with E-state index in [1.165, 1.54) is 0 Å². The minimum Gasteiger partial charge on any atom is -0.479 e. The number of aliphatic carboxylic acids is 1. The lowest BCUT2D eigenvalue weighted by Crippen LogP contribution is -2.25. The molecule has 1 aromatic carbocycles. The molecule has 0 aromatic heterocycles. The third kappa shape index (κ3) is 3.21. The Bertz CT molecular complexity index is 378. The molecule has 1 aromatic rings. The second-order valence-corrected chi connectivity index (χ2v) is 4.12. The lowest BCUT2D eigenvalue weighted by molar-refractivity contribution is -0.145. The molecule has 0 saturated carbocycles. The summed E-state index contributed by atoms with van der Waals surface area (Å²) in [4.78, 5) is 10.8. The van der Waals surface area contributed by atoms with Crippen molar-refractivity contribution >= 4 is 21.9 Å². The first-order valence-corrected chi connectivity index (χ1v) is 5.66. The molecule has 0 saturated heterocycles. The molecule has 0 spiro atoms. The van der Waals surface area contributed by atoms with Crippen LogP contribution in [-0.4, -0.2) is 22.3 Å². The summed E-state index contributed by atoms with van der Waals surface area (Å²) in [6.45, 7) is 1.62. The van der Waals surface area contributed by atoms with Crippen molar-refractivity contribution in [3.05, 3.63) is 28.2 Å². The minimum absolute atomic E-state index is 0.123. The zero-order valence-electron chi connectivity index (χ0n) is 8.81. The third-order valence-electron chi connectivity index (χ3n) is 2.11. The van der Waals surface area contributed by atoms with Gasteiger partial charge in [-0.1, -0.05) is 22.9 Å². The van der Waals surface area contributed by atoms with Gasteiger partial charge in [-0.15, -0.1) is 0 Å². The van der Waals surface area contributed by atoms with Crippen LogP contribution in [0.3, 0.4) is 0 Å². The fraction of sp³-hybridized carbons (Fsp3) is 0.364. The SMILES string of the molecule is CCC(Oc1ccc(Br)c(CO)c1)C(=O)O. The van der Waals surface area contributed by atoms with Crippen LogP contribution in [0.4, 0.5) is 0 Å². The fourth-order valence-electron chi connectivity index (χ4n) is 1.22. The van der Waals surface area contributed by atoms with Crippen LogP contribution in [0.5, 0.6) is 5.75 Å². The Morgan fingerprint density at radius 2 is 2.25 bits per heavy atom. The molecule has 1 atom stereocenters. The molecular weight excluding hydrogens is 276 g/mol. The monoisotopic (exact) mass is 288 g/mol. The van der Waals surface area contributed by atoms with Crippen molar-refractivity contribution < 1.29 is 19.7 Å². The number of benzene rings is 1. The molecule has 4 nitrogen and oxygen atoms in total. The number of aliphatic hydroxyl groups excluding tert-OH is 1. The maximum Gasteiger partial charge on any atom is 0.344 e. The van der Waals surface area contributed by atoms with Gasteiger partial charge in [0.15, 0.2) is 6.10 Å². The number of ether oxygens (including phenoxy) is 1. The fourth-order valence-corrected chi connectivity index (χ4v) is 1.59. The summed E-state index contributed by atoms with van der Waals surface area (Å²) in [5.41, 5.74) is 0.665. The smallest absolute Gasteiger partial charge is 0.344 e. The van der Waals surface area contributed by atoms with Gasteiger partial charge in [-0.2, -0.15) is 0 Å². The summed E-state index contributed by atoms with van der Waals surface area (Å²) in [5, 5.41) is 17.9. The van der Waals surface area contributed by atoms with Crippen molar-refractivity contribution in [2.75, 3.05) is 0 Å². The summed E-state index contributed by atoms with van der Waals surface area (Å²) in [6.07, 6.45) is -0.465. The first-order chi connectivity index (χ1) is 7.58. The molecule has 1 unspecified atom stereocenters. The van der Waals surface area contributed by atoms with Gasteiger partial charge in [0.25, 0.3) is 0 Å². The molecule has 5 heteroatoms. The third-order valence-corrected chi connectivity index (χ3v) is 2.89. The van der Waals surface area contributed by atoms with E-state index >= 15 is 0 Å². The van der Waals surface area contributed by atoms with Crippen LogP contribution >= 0.6 is 15.9 Å². The molecule has 0 amide bonds. The average molecular weight is 289 g/mol. The van der Waals surface area contributed by atoms with Crippen LogP contribution in [0.1, 0.15) is 18.9 Å². The van der Waals surface area contributed by atoms with Gasteiger partial charge in [0.1, 0.15) is 5.75 Å². The highest BCUT2D eigenvalue weighted by atomic mass is 79.9. The van der Waals surface area contributed by atoms with E-state index in [9.17, 15) is 4.79 Å². The van der Waals surface area contributed by atoms with E-state index in [4.69, 9.17) is 14.9 Å². The molecule has 0 radical (unpaired) electrons. The summed E-state index contributed by atoms with van der Waals surface area (Å²) < 4.78 is 6.06. The van der Waals surface area contributed by atoms with Gasteiger partial charge in [-0.05, 0) is 30.2 Å². The van der Waals surface area contributed by atoms with Gasteiger partial charge < -0.3 is 14.9 Å². The maximum absolute atomic E-state index is 10.8. The molecule has 1 rings (SSSR count). The lowest BCUT2D eigenvalue weighted by atomic mass is 10.2. The lowest BCUT2D eigenvalue weighted by Gasteiger charge is -2.14. The van der Waals surface area contributed by atoms with Crippen LogP contribution in [0.2, 0.25) is 0 Å². The highest BCUT2D eigenvalue weighted by Gasteiger charge is 2.16. The summed E-state index contributed by atoms with van der Waals surface area (Å²) in [7, 11) is 0. The number of hydrogen-bond donors (Lipinski definition) is 2. The number of carboxylic acid groups (broad SMARTS) is 1. The van der Waals surface area contributed by atoms with Gasteiger partial charge in [0, 0.05) is 4.47 Å². The Kier molecular flexibility index (Phi) is 4.76. The number of aliphatic hydroxyl groups is 1. The van der Waals surface area contributed by atoms with Crippen LogP contribution in [-0.2, 0) is 11.4 Å². The Morgan fingerprint density at radius 1 is 1.56 bits per heavy atom. The zero-order chi connectivity index (χ0) is 12.1. The van der Waals surface area contributed by atoms with Gasteiger partial charge in [-0.3, -0.25) is 0 Å². The van der Waals surface area contributed by atoms with E-state index in [2.05, 4.69) is 15.9 Å². The second kappa shape index (κ2) is 5.86. The summed E-state index contributed by atoms with van der Waals surface area (Å²) >= 11 is 3.27. The first kappa shape index (κ1) is 13.0. The van der Waals surface area contributed by atoms with Gasteiger partial charge in [0.2, 0.25) is 0 Å². The Hall–Kier alpha value is -1.07. The van der Waals surface area contributed by atoms with Gasteiger partial charge in [0.05, 0.1) is 6.61 Å². The van der Waals surface area contributed by atoms with Crippen LogP contribution < -0.4 is 4.74 Å². The summed E-state index contributed by atoms with van der Waals surface area (Å²) in [5.74, 6) is -0.544. The van der Waals surface area contributed by atoms with E-state index in [1.807, 2.05) is 0 Å². The normalized spacial score (nSPS) is 12.2. The van der Waals surface area contributed by atoms with Gasteiger partial charge >= 0.3 is 5.97 Å². The average Bonchev–Trinajstić information content (AvgIpc) is 2.27. The molecule has 0 aliphatic rings. The Morgan fingerprint density at radius 3 is 2.75 bits per heavy atom. The second-order valence-electron chi connectivity index (χ2n) is 3.26. The Labute approximate surface area is 102 Å². The van der Waals surface area contributed by atoms with E-state index in [0.717, 1.165) is 4.47 Å². The van der Waals surface area contributed by atoms with Crippen molar-refractivity contribution in [2.45, 2.75) is 26.1 Å². The molecule has 0 aliphatic carbocycles. The van der Waals surface area contributed by atoms with Gasteiger partial charge in [-0.25, -0.2) is 4.79 Å². The first-order valence-electron chi connectivity index (χ1n) is 4.87. The van der Waals surface area contributed by atoms with E-state index < -0.39 is 12.1 Å². The van der Waals surface area contributed by atoms with Crippen LogP contribution in [0.15, 0.2) is 22.7 Å².